The van der Waals surface area contributed by atoms with E-state index in [4.69, 9.17) is 9.47 Å². The number of benzene rings is 2. The lowest BCUT2D eigenvalue weighted by molar-refractivity contribution is -0.123. The molecule has 1 atom stereocenters. The Morgan fingerprint density at radius 3 is 2.40 bits per heavy atom. The minimum absolute atomic E-state index is 0.132. The van der Waals surface area contributed by atoms with E-state index in [0.717, 1.165) is 0 Å². The zero-order valence-corrected chi connectivity index (χ0v) is 18.6. The Kier molecular flexibility index (Phi) is 8.35. The predicted octanol–water partition coefficient (Wildman–Crippen LogP) is 3.51. The molecule has 2 amide bonds. The number of nitrogens with zero attached hydrogens (tertiary/aromatic N) is 1. The van der Waals surface area contributed by atoms with Crippen LogP contribution in [0.2, 0.25) is 0 Å². The summed E-state index contributed by atoms with van der Waals surface area (Å²) in [5, 5.41) is 6.51. The molecule has 0 aromatic heterocycles. The largest absolute Gasteiger partial charge is 0.496 e. The van der Waals surface area contributed by atoms with Crippen LogP contribution in [0.25, 0.3) is 0 Å². The summed E-state index contributed by atoms with van der Waals surface area (Å²) in [6.07, 6.45) is 1.41. The molecule has 1 unspecified atom stereocenters. The van der Waals surface area contributed by atoms with Gasteiger partial charge in [0.2, 0.25) is 0 Å². The quantitative estimate of drug-likeness (QED) is 0.447. The number of carbonyl (C=O) groups is 2. The van der Waals surface area contributed by atoms with Gasteiger partial charge in [-0.25, -0.2) is 9.82 Å². The molecule has 0 saturated carbocycles. The van der Waals surface area contributed by atoms with E-state index in [9.17, 15) is 14.0 Å². The minimum atomic E-state index is -0.904. The van der Waals surface area contributed by atoms with Crippen LogP contribution in [0.3, 0.4) is 0 Å². The number of nitrogens with one attached hydrogen (secondary N) is 2. The molecule has 0 bridgehead atoms. The minimum Gasteiger partial charge on any atom is -0.496 e. The van der Waals surface area contributed by atoms with Crippen LogP contribution in [0, 0.1) is 11.7 Å². The zero-order valence-electron chi connectivity index (χ0n) is 17.0. The second kappa shape index (κ2) is 10.7. The van der Waals surface area contributed by atoms with Crippen molar-refractivity contribution in [3.05, 3.63) is 57.8 Å². The van der Waals surface area contributed by atoms with Gasteiger partial charge in [-0.15, -0.1) is 0 Å². The van der Waals surface area contributed by atoms with Crippen molar-refractivity contribution in [2.24, 2.45) is 11.0 Å². The Bertz CT molecular complexity index is 950. The van der Waals surface area contributed by atoms with Crippen LogP contribution < -0.4 is 20.2 Å². The van der Waals surface area contributed by atoms with Gasteiger partial charge in [-0.1, -0.05) is 26.0 Å². The lowest BCUT2D eigenvalue weighted by atomic mass is 10.0. The van der Waals surface area contributed by atoms with Gasteiger partial charge in [0.25, 0.3) is 11.8 Å². The highest BCUT2D eigenvalue weighted by molar-refractivity contribution is 9.10. The molecule has 0 heterocycles. The first-order valence-electron chi connectivity index (χ1n) is 9.08. The lowest BCUT2D eigenvalue weighted by Crippen LogP contribution is -2.48. The molecule has 9 heteroatoms. The first kappa shape index (κ1) is 23.3. The van der Waals surface area contributed by atoms with E-state index in [1.165, 1.54) is 38.6 Å². The number of rotatable bonds is 8. The van der Waals surface area contributed by atoms with Crippen molar-refractivity contribution in [2.45, 2.75) is 19.9 Å². The Balaban J connectivity index is 2.11. The van der Waals surface area contributed by atoms with Crippen LogP contribution in [0.15, 0.2) is 46.0 Å². The van der Waals surface area contributed by atoms with Gasteiger partial charge in [-0.3, -0.25) is 9.59 Å². The fourth-order valence-electron chi connectivity index (χ4n) is 2.62. The fraction of sp³-hybridized carbons (Fsp3) is 0.286. The van der Waals surface area contributed by atoms with Gasteiger partial charge < -0.3 is 14.8 Å². The summed E-state index contributed by atoms with van der Waals surface area (Å²) in [6.45, 7) is 3.53. The van der Waals surface area contributed by atoms with Crippen molar-refractivity contribution < 1.29 is 23.5 Å². The highest BCUT2D eigenvalue weighted by atomic mass is 79.9. The summed E-state index contributed by atoms with van der Waals surface area (Å²) in [7, 11) is 3.04. The summed E-state index contributed by atoms with van der Waals surface area (Å²) in [5.41, 5.74) is 2.87. The van der Waals surface area contributed by atoms with E-state index in [2.05, 4.69) is 31.8 Å². The molecule has 0 fully saturated rings. The highest BCUT2D eigenvalue weighted by Gasteiger charge is 2.25. The van der Waals surface area contributed by atoms with Gasteiger partial charge in [0, 0.05) is 11.6 Å². The standard InChI is InChI=1S/C21H23BrFN3O4/c1-12(2)19(25-20(27)14-7-5-6-8-16(14)23)21(28)26-24-11-13-9-15(22)18(30-4)10-17(13)29-3/h5-12,19H,1-4H3,(H,25,27)(H,26,28)/b24-11+. The fourth-order valence-corrected chi connectivity index (χ4v) is 3.14. The summed E-state index contributed by atoms with van der Waals surface area (Å²) >= 11 is 3.38. The maximum absolute atomic E-state index is 13.8. The molecule has 0 saturated heterocycles. The van der Waals surface area contributed by atoms with Gasteiger partial charge in [0.15, 0.2) is 0 Å². The maximum atomic E-state index is 13.8. The number of ether oxygens (including phenoxy) is 2. The van der Waals surface area contributed by atoms with E-state index in [0.29, 0.717) is 21.5 Å². The first-order valence-corrected chi connectivity index (χ1v) is 9.87. The van der Waals surface area contributed by atoms with E-state index < -0.39 is 23.7 Å². The molecule has 30 heavy (non-hydrogen) atoms. The summed E-state index contributed by atoms with van der Waals surface area (Å²) in [6, 6.07) is 8.08. The monoisotopic (exact) mass is 479 g/mol. The topological polar surface area (TPSA) is 89.0 Å². The molecule has 160 valence electrons. The molecule has 0 aliphatic carbocycles. The van der Waals surface area contributed by atoms with E-state index in [1.807, 2.05) is 0 Å². The number of hydrogen-bond donors (Lipinski definition) is 2. The molecule has 2 aromatic rings. The summed E-state index contributed by atoms with van der Waals surface area (Å²) in [4.78, 5) is 24.9. The molecule has 2 N–H and O–H groups in total. The third-order valence-electron chi connectivity index (χ3n) is 4.24. The second-order valence-electron chi connectivity index (χ2n) is 6.64. The average Bonchev–Trinajstić information content (AvgIpc) is 2.72. The molecular formula is C21H23BrFN3O4. The average molecular weight is 480 g/mol. The van der Waals surface area contributed by atoms with Gasteiger partial charge >= 0.3 is 0 Å². The van der Waals surface area contributed by atoms with Gasteiger partial charge in [0.1, 0.15) is 23.4 Å². The molecule has 0 spiro atoms. The van der Waals surface area contributed by atoms with Crippen molar-refractivity contribution in [1.29, 1.82) is 0 Å². The smallest absolute Gasteiger partial charge is 0.262 e. The summed E-state index contributed by atoms with van der Waals surface area (Å²) in [5.74, 6) is -1.03. The molecular weight excluding hydrogens is 457 g/mol. The van der Waals surface area contributed by atoms with Crippen LogP contribution in [-0.2, 0) is 4.79 Å². The molecule has 2 rings (SSSR count). The van der Waals surface area contributed by atoms with Gasteiger partial charge in [0.05, 0.1) is 30.5 Å². The molecule has 0 radical (unpaired) electrons. The number of amides is 2. The van der Waals surface area contributed by atoms with Crippen molar-refractivity contribution in [3.63, 3.8) is 0 Å². The van der Waals surface area contributed by atoms with Crippen molar-refractivity contribution in [1.82, 2.24) is 10.7 Å². The van der Waals surface area contributed by atoms with E-state index in [-0.39, 0.29) is 11.5 Å². The number of halogens is 2. The zero-order chi connectivity index (χ0) is 22.3. The van der Waals surface area contributed by atoms with Crippen LogP contribution in [-0.4, -0.2) is 38.3 Å². The Hall–Kier alpha value is -2.94. The molecule has 2 aromatic carbocycles. The maximum Gasteiger partial charge on any atom is 0.262 e. The van der Waals surface area contributed by atoms with E-state index in [1.54, 1.807) is 32.0 Å². The van der Waals surface area contributed by atoms with Crippen LogP contribution >= 0.6 is 15.9 Å². The second-order valence-corrected chi connectivity index (χ2v) is 7.49. The van der Waals surface area contributed by atoms with Crippen molar-refractivity contribution >= 4 is 34.0 Å². The van der Waals surface area contributed by atoms with E-state index >= 15 is 0 Å². The van der Waals surface area contributed by atoms with Crippen molar-refractivity contribution in [2.75, 3.05) is 14.2 Å². The third-order valence-corrected chi connectivity index (χ3v) is 4.86. The van der Waals surface area contributed by atoms with Crippen molar-refractivity contribution in [3.8, 4) is 11.5 Å². The molecule has 0 aliphatic rings. The Labute approximate surface area is 182 Å². The third kappa shape index (κ3) is 5.79. The number of methoxy groups -OCH3 is 2. The highest BCUT2D eigenvalue weighted by Crippen LogP contribution is 2.31. The number of hydrazone groups is 1. The van der Waals surface area contributed by atoms with Gasteiger partial charge in [-0.2, -0.15) is 5.10 Å². The predicted molar refractivity (Wildman–Crippen MR) is 115 cm³/mol. The Morgan fingerprint density at radius 2 is 1.80 bits per heavy atom. The van der Waals surface area contributed by atoms with Crippen LogP contribution in [0.4, 0.5) is 4.39 Å². The van der Waals surface area contributed by atoms with Gasteiger partial charge in [-0.05, 0) is 40.0 Å². The first-order chi connectivity index (χ1) is 14.3. The SMILES string of the molecule is COc1cc(OC)c(/C=N/NC(=O)C(NC(=O)c2ccccc2F)C(C)C)cc1Br. The lowest BCUT2D eigenvalue weighted by Gasteiger charge is -2.20. The molecule has 7 nitrogen and oxygen atoms in total. The normalized spacial score (nSPS) is 12.0. The van der Waals surface area contributed by atoms with Crippen LogP contribution in [0.1, 0.15) is 29.8 Å². The molecule has 0 aliphatic heterocycles. The van der Waals surface area contributed by atoms with Crippen LogP contribution in [0.5, 0.6) is 11.5 Å². The Morgan fingerprint density at radius 1 is 1.13 bits per heavy atom. The number of carbonyl (C=O) groups excluding carboxylic acids is 2. The summed E-state index contributed by atoms with van der Waals surface area (Å²) < 4.78 is 25.0. The number of hydrogen-bond acceptors (Lipinski definition) is 5.